The first-order chi connectivity index (χ1) is 16.5. The first kappa shape index (κ1) is 23.1. The highest BCUT2D eigenvalue weighted by Gasteiger charge is 2.28. The molecule has 2 N–H and O–H groups in total. The number of amidine groups is 1. The molecular formula is C26H26N4O4. The molecule has 2 aliphatic rings. The normalized spacial score (nSPS) is 16.6. The average Bonchev–Trinajstić information content (AvgIpc) is 3.22. The number of nitrogens with one attached hydrogen (secondary N) is 2. The zero-order valence-corrected chi connectivity index (χ0v) is 19.2. The van der Waals surface area contributed by atoms with Gasteiger partial charge < -0.3 is 20.1 Å². The fourth-order valence-electron chi connectivity index (χ4n) is 4.29. The Hall–Kier alpha value is -4.12. The van der Waals surface area contributed by atoms with Gasteiger partial charge >= 0.3 is 0 Å². The Kier molecular flexibility index (Phi) is 6.93. The van der Waals surface area contributed by atoms with Crippen LogP contribution >= 0.6 is 0 Å². The molecule has 2 aromatic rings. The zero-order valence-electron chi connectivity index (χ0n) is 19.2. The lowest BCUT2D eigenvalue weighted by Gasteiger charge is -2.22. The van der Waals surface area contributed by atoms with Gasteiger partial charge in [0.25, 0.3) is 11.8 Å². The van der Waals surface area contributed by atoms with E-state index in [1.165, 1.54) is 20.6 Å². The van der Waals surface area contributed by atoms with E-state index in [1.807, 2.05) is 18.2 Å². The molecule has 1 heterocycles. The molecule has 0 atom stereocenters. The predicted octanol–water partition coefficient (Wildman–Crippen LogP) is 3.58. The van der Waals surface area contributed by atoms with Crippen molar-refractivity contribution < 1.29 is 19.1 Å². The van der Waals surface area contributed by atoms with Crippen molar-refractivity contribution in [2.75, 3.05) is 14.2 Å². The maximum atomic E-state index is 13.0. The summed E-state index contributed by atoms with van der Waals surface area (Å²) in [5.74, 6) is 0.381. The van der Waals surface area contributed by atoms with Crippen molar-refractivity contribution in [3.05, 3.63) is 64.7 Å². The summed E-state index contributed by atoms with van der Waals surface area (Å²) >= 11 is 0. The standard InChI is InChI=1S/C26H26N4O4/c1-33-21-13-12-16(14-22(21)34-2)25(31)30-24-19-11-7-6-10-18(19)23(29-24)20(15-27)26(32)28-17-8-4-3-5-9-17/h6-7,10-14,17H,3-5,8-9H2,1-2H3,(H,28,32)(H,29,30,31). The molecule has 1 aliphatic heterocycles. The van der Waals surface area contributed by atoms with Crippen molar-refractivity contribution in [2.45, 2.75) is 38.1 Å². The van der Waals surface area contributed by atoms with E-state index < -0.39 is 11.8 Å². The molecule has 1 saturated carbocycles. The minimum absolute atomic E-state index is 0.0617. The van der Waals surface area contributed by atoms with Crippen molar-refractivity contribution >= 4 is 23.3 Å². The molecule has 0 radical (unpaired) electrons. The van der Waals surface area contributed by atoms with Gasteiger partial charge in [-0.05, 0) is 31.0 Å². The summed E-state index contributed by atoms with van der Waals surface area (Å²) in [6, 6.07) is 14.1. The van der Waals surface area contributed by atoms with Gasteiger partial charge in [-0.3, -0.25) is 9.59 Å². The molecule has 4 rings (SSSR count). The summed E-state index contributed by atoms with van der Waals surface area (Å²) in [7, 11) is 3.02. The molecule has 0 unspecified atom stereocenters. The van der Waals surface area contributed by atoms with E-state index in [4.69, 9.17) is 9.47 Å². The van der Waals surface area contributed by atoms with Crippen molar-refractivity contribution in [1.82, 2.24) is 10.6 Å². The van der Waals surface area contributed by atoms with Crippen LogP contribution in [0.2, 0.25) is 0 Å². The van der Waals surface area contributed by atoms with Crippen LogP contribution in [0.25, 0.3) is 5.70 Å². The zero-order chi connectivity index (χ0) is 24.1. The number of rotatable bonds is 5. The first-order valence-electron chi connectivity index (χ1n) is 11.2. The summed E-state index contributed by atoms with van der Waals surface area (Å²) < 4.78 is 10.5. The van der Waals surface area contributed by atoms with Crippen LogP contribution in [0.5, 0.6) is 11.5 Å². The van der Waals surface area contributed by atoms with E-state index in [0.717, 1.165) is 25.7 Å². The highest BCUT2D eigenvalue weighted by Crippen LogP contribution is 2.32. The van der Waals surface area contributed by atoms with Crippen LogP contribution in [0.4, 0.5) is 0 Å². The molecule has 174 valence electrons. The third-order valence-corrected chi connectivity index (χ3v) is 6.05. The van der Waals surface area contributed by atoms with Crippen molar-refractivity contribution in [3.63, 3.8) is 0 Å². The summed E-state index contributed by atoms with van der Waals surface area (Å²) in [5, 5.41) is 15.6. The number of carbonyl (C=O) groups excluding carboxylic acids is 2. The summed E-state index contributed by atoms with van der Waals surface area (Å²) in [5.41, 5.74) is 1.82. The van der Waals surface area contributed by atoms with Gasteiger partial charge in [-0.15, -0.1) is 0 Å². The number of ether oxygens (including phenoxy) is 2. The van der Waals surface area contributed by atoms with Crippen LogP contribution < -0.4 is 20.1 Å². The van der Waals surface area contributed by atoms with Gasteiger partial charge in [0.2, 0.25) is 0 Å². The van der Waals surface area contributed by atoms with Gasteiger partial charge in [-0.25, -0.2) is 4.99 Å². The Balaban J connectivity index is 1.64. The second-order valence-corrected chi connectivity index (χ2v) is 8.17. The van der Waals surface area contributed by atoms with E-state index >= 15 is 0 Å². The van der Waals surface area contributed by atoms with E-state index in [1.54, 1.807) is 30.3 Å². The quantitative estimate of drug-likeness (QED) is 0.525. The Labute approximate surface area is 198 Å². The minimum Gasteiger partial charge on any atom is -0.493 e. The number of hydrogen-bond donors (Lipinski definition) is 2. The smallest absolute Gasteiger partial charge is 0.264 e. The Morgan fingerprint density at radius 1 is 1.00 bits per heavy atom. The van der Waals surface area contributed by atoms with Gasteiger partial charge in [-0.2, -0.15) is 5.26 Å². The van der Waals surface area contributed by atoms with Gasteiger partial charge in [-0.1, -0.05) is 43.5 Å². The van der Waals surface area contributed by atoms with Gasteiger partial charge in [0.05, 0.1) is 19.9 Å². The number of methoxy groups -OCH3 is 2. The molecular weight excluding hydrogens is 432 g/mol. The molecule has 1 aliphatic carbocycles. The van der Waals surface area contributed by atoms with E-state index in [2.05, 4.69) is 15.6 Å². The summed E-state index contributed by atoms with van der Waals surface area (Å²) in [4.78, 5) is 30.4. The number of aliphatic imine (C=N–C) groups is 1. The largest absolute Gasteiger partial charge is 0.493 e. The molecule has 0 bridgehead atoms. The molecule has 2 aromatic carbocycles. The topological polar surface area (TPSA) is 113 Å². The van der Waals surface area contributed by atoms with Crippen LogP contribution in [0, 0.1) is 11.3 Å². The monoisotopic (exact) mass is 458 g/mol. The fraction of sp³-hybridized carbons (Fsp3) is 0.308. The highest BCUT2D eigenvalue weighted by molar-refractivity contribution is 6.20. The second kappa shape index (κ2) is 10.2. The number of benzene rings is 2. The molecule has 34 heavy (non-hydrogen) atoms. The number of nitrogens with zero attached hydrogens (tertiary/aromatic N) is 2. The van der Waals surface area contributed by atoms with Crippen molar-refractivity contribution in [1.29, 1.82) is 5.26 Å². The van der Waals surface area contributed by atoms with Crippen LogP contribution in [0.3, 0.4) is 0 Å². The molecule has 0 saturated heterocycles. The Morgan fingerprint density at radius 2 is 1.71 bits per heavy atom. The SMILES string of the molecule is COc1ccc(C(=O)NC2=NC(=C(C#N)C(=O)NC3CCCCC3)c3ccccc32)cc1OC. The maximum absolute atomic E-state index is 13.0. The number of hydrogen-bond acceptors (Lipinski definition) is 6. The maximum Gasteiger partial charge on any atom is 0.264 e. The van der Waals surface area contributed by atoms with Gasteiger partial charge in [0, 0.05) is 22.7 Å². The molecule has 2 amide bonds. The van der Waals surface area contributed by atoms with Crippen LogP contribution in [0.15, 0.2) is 53.0 Å². The average molecular weight is 459 g/mol. The lowest BCUT2D eigenvalue weighted by Crippen LogP contribution is -2.37. The van der Waals surface area contributed by atoms with Gasteiger partial charge in [0.15, 0.2) is 11.5 Å². The van der Waals surface area contributed by atoms with Crippen LogP contribution in [0.1, 0.15) is 53.6 Å². The molecule has 0 spiro atoms. The molecule has 8 nitrogen and oxygen atoms in total. The lowest BCUT2D eigenvalue weighted by atomic mass is 9.95. The van der Waals surface area contributed by atoms with Crippen LogP contribution in [-0.2, 0) is 4.79 Å². The number of amides is 2. The predicted molar refractivity (Wildman–Crippen MR) is 128 cm³/mol. The number of nitriles is 1. The highest BCUT2D eigenvalue weighted by atomic mass is 16.5. The Bertz CT molecular complexity index is 1220. The number of carbonyl (C=O) groups is 2. The van der Waals surface area contributed by atoms with E-state index in [9.17, 15) is 14.9 Å². The lowest BCUT2D eigenvalue weighted by molar-refractivity contribution is -0.117. The number of fused-ring (bicyclic) bond motifs is 1. The Morgan fingerprint density at radius 3 is 2.38 bits per heavy atom. The summed E-state index contributed by atoms with van der Waals surface area (Å²) in [6.45, 7) is 0. The second-order valence-electron chi connectivity index (χ2n) is 8.17. The molecule has 0 aromatic heterocycles. The van der Waals surface area contributed by atoms with E-state index in [0.29, 0.717) is 28.2 Å². The third kappa shape index (κ3) is 4.64. The van der Waals surface area contributed by atoms with Crippen molar-refractivity contribution in [3.8, 4) is 17.6 Å². The third-order valence-electron chi connectivity index (χ3n) is 6.05. The summed E-state index contributed by atoms with van der Waals surface area (Å²) in [6.07, 6.45) is 5.12. The van der Waals surface area contributed by atoms with Crippen LogP contribution in [-0.4, -0.2) is 37.9 Å². The molecule has 1 fully saturated rings. The fourth-order valence-corrected chi connectivity index (χ4v) is 4.29. The first-order valence-corrected chi connectivity index (χ1v) is 11.2. The minimum atomic E-state index is -0.435. The molecule has 8 heteroatoms. The van der Waals surface area contributed by atoms with Gasteiger partial charge in [0.1, 0.15) is 17.5 Å². The van der Waals surface area contributed by atoms with E-state index in [-0.39, 0.29) is 23.1 Å². The van der Waals surface area contributed by atoms with Crippen molar-refractivity contribution in [2.24, 2.45) is 4.99 Å².